The summed E-state index contributed by atoms with van der Waals surface area (Å²) in [6.07, 6.45) is 0. The van der Waals surface area contributed by atoms with Crippen molar-refractivity contribution in [2.24, 2.45) is 0 Å². The van der Waals surface area contributed by atoms with Gasteiger partial charge in [0.1, 0.15) is 10.7 Å². The highest BCUT2D eigenvalue weighted by Crippen LogP contribution is 2.30. The molecule has 1 aromatic rings. The predicted octanol–water partition coefficient (Wildman–Crippen LogP) is 0.472. The van der Waals surface area contributed by atoms with Crippen molar-refractivity contribution in [3.8, 4) is 0 Å². The number of aliphatic hydroxyl groups is 1. The molecule has 1 saturated heterocycles. The van der Waals surface area contributed by atoms with E-state index in [1.165, 1.54) is 6.92 Å². The van der Waals surface area contributed by atoms with E-state index in [9.17, 15) is 17.9 Å². The second kappa shape index (κ2) is 3.91. The number of benzene rings is 1. The smallest absolute Gasteiger partial charge is 0.246 e. The summed E-state index contributed by atoms with van der Waals surface area (Å²) in [4.78, 5) is -0.443. The number of rotatable bonds is 2. The zero-order chi connectivity index (χ0) is 13.7. The maximum absolute atomic E-state index is 13.7. The molecule has 0 saturated carbocycles. The number of nitrogen functional groups attached to an aromatic ring is 1. The number of halogens is 1. The molecule has 0 bridgehead atoms. The first-order valence-electron chi connectivity index (χ1n) is 5.42. The van der Waals surface area contributed by atoms with Crippen LogP contribution in [0.4, 0.5) is 10.1 Å². The molecular weight excluding hydrogens is 259 g/mol. The van der Waals surface area contributed by atoms with Crippen molar-refractivity contribution in [1.82, 2.24) is 4.31 Å². The highest BCUT2D eigenvalue weighted by atomic mass is 32.2. The van der Waals surface area contributed by atoms with E-state index >= 15 is 0 Å². The lowest BCUT2D eigenvalue weighted by molar-refractivity contribution is -0.0427. The SMILES string of the molecule is Cc1cc(F)c(S(=O)(=O)N2CC(C)(O)C2)cc1N. The van der Waals surface area contributed by atoms with Crippen LogP contribution in [0.3, 0.4) is 0 Å². The Kier molecular flexibility index (Phi) is 2.88. The van der Waals surface area contributed by atoms with Gasteiger partial charge in [0.2, 0.25) is 10.0 Å². The first kappa shape index (κ1) is 13.3. The van der Waals surface area contributed by atoms with Gasteiger partial charge in [0.25, 0.3) is 0 Å². The summed E-state index contributed by atoms with van der Waals surface area (Å²) in [5.41, 5.74) is 5.27. The Hall–Kier alpha value is -1.18. The molecule has 0 spiro atoms. The summed E-state index contributed by atoms with van der Waals surface area (Å²) in [5, 5.41) is 9.54. The standard InChI is InChI=1S/C11H15FN2O3S/c1-7-3-8(12)10(4-9(7)13)18(16,17)14-5-11(2,15)6-14/h3-4,15H,5-6,13H2,1-2H3. The third-order valence-corrected chi connectivity index (χ3v) is 4.78. The van der Waals surface area contributed by atoms with Crippen LogP contribution >= 0.6 is 0 Å². The van der Waals surface area contributed by atoms with Crippen LogP contribution in [0.25, 0.3) is 0 Å². The molecule has 0 radical (unpaired) electrons. The Balaban J connectivity index is 2.40. The van der Waals surface area contributed by atoms with Crippen molar-refractivity contribution in [1.29, 1.82) is 0 Å². The normalized spacial score (nSPS) is 19.6. The van der Waals surface area contributed by atoms with Crippen LogP contribution in [0, 0.1) is 12.7 Å². The Morgan fingerprint density at radius 1 is 1.44 bits per heavy atom. The fourth-order valence-electron chi connectivity index (χ4n) is 1.89. The average Bonchev–Trinajstić information content (AvgIpc) is 2.19. The van der Waals surface area contributed by atoms with E-state index in [4.69, 9.17) is 5.73 Å². The number of nitrogens with zero attached hydrogens (tertiary/aromatic N) is 1. The van der Waals surface area contributed by atoms with Crippen molar-refractivity contribution < 1.29 is 17.9 Å². The number of hydrogen-bond donors (Lipinski definition) is 2. The van der Waals surface area contributed by atoms with Gasteiger partial charge in [-0.25, -0.2) is 12.8 Å². The third-order valence-electron chi connectivity index (χ3n) is 2.97. The molecule has 7 heteroatoms. The zero-order valence-corrected chi connectivity index (χ0v) is 11.0. The Morgan fingerprint density at radius 3 is 2.50 bits per heavy atom. The maximum Gasteiger partial charge on any atom is 0.246 e. The second-order valence-electron chi connectivity index (χ2n) is 4.91. The minimum Gasteiger partial charge on any atom is -0.398 e. The number of anilines is 1. The number of hydrogen-bond acceptors (Lipinski definition) is 4. The minimum atomic E-state index is -3.92. The Bertz CT molecular complexity index is 591. The second-order valence-corrected chi connectivity index (χ2v) is 6.82. The van der Waals surface area contributed by atoms with Gasteiger partial charge in [-0.15, -0.1) is 0 Å². The number of nitrogens with two attached hydrogens (primary N) is 1. The lowest BCUT2D eigenvalue weighted by atomic mass is 10.0. The van der Waals surface area contributed by atoms with Crippen molar-refractivity contribution in [3.05, 3.63) is 23.5 Å². The maximum atomic E-state index is 13.7. The van der Waals surface area contributed by atoms with Gasteiger partial charge in [-0.2, -0.15) is 4.31 Å². The summed E-state index contributed by atoms with van der Waals surface area (Å²) in [5.74, 6) is -0.826. The van der Waals surface area contributed by atoms with Gasteiger partial charge in [0.05, 0.1) is 5.60 Å². The molecule has 0 aliphatic carbocycles. The van der Waals surface area contributed by atoms with Crippen molar-refractivity contribution >= 4 is 15.7 Å². The van der Waals surface area contributed by atoms with E-state index in [0.717, 1.165) is 16.4 Å². The summed E-state index contributed by atoms with van der Waals surface area (Å²) in [6.45, 7) is 3.05. The van der Waals surface area contributed by atoms with E-state index in [-0.39, 0.29) is 18.8 Å². The number of β-amino-alcohol motifs (C(OH)–C–C–N with tert-alkyl or cyclic N) is 1. The molecule has 1 aliphatic rings. The molecule has 0 aromatic heterocycles. The fourth-order valence-corrected chi connectivity index (χ4v) is 3.64. The van der Waals surface area contributed by atoms with Gasteiger partial charge in [-0.3, -0.25) is 0 Å². The Labute approximate surface area is 105 Å². The highest BCUT2D eigenvalue weighted by Gasteiger charge is 2.44. The summed E-state index contributed by atoms with van der Waals surface area (Å²) < 4.78 is 39.0. The quantitative estimate of drug-likeness (QED) is 0.768. The molecule has 0 amide bonds. The van der Waals surface area contributed by atoms with E-state index in [1.54, 1.807) is 6.92 Å². The van der Waals surface area contributed by atoms with Gasteiger partial charge in [0, 0.05) is 18.8 Å². The zero-order valence-electron chi connectivity index (χ0n) is 10.1. The molecule has 5 nitrogen and oxygen atoms in total. The van der Waals surface area contributed by atoms with Crippen LogP contribution in [0.1, 0.15) is 12.5 Å². The third kappa shape index (κ3) is 2.09. The fraction of sp³-hybridized carbons (Fsp3) is 0.455. The predicted molar refractivity (Wildman–Crippen MR) is 64.9 cm³/mol. The first-order valence-corrected chi connectivity index (χ1v) is 6.86. The van der Waals surface area contributed by atoms with E-state index in [1.807, 2.05) is 0 Å². The molecule has 1 heterocycles. The molecule has 2 rings (SSSR count). The van der Waals surface area contributed by atoms with Gasteiger partial charge in [0.15, 0.2) is 0 Å². The van der Waals surface area contributed by atoms with Crippen LogP contribution in [0.2, 0.25) is 0 Å². The lowest BCUT2D eigenvalue weighted by Gasteiger charge is -2.42. The number of aryl methyl sites for hydroxylation is 1. The van der Waals surface area contributed by atoms with Gasteiger partial charge < -0.3 is 10.8 Å². The molecule has 1 fully saturated rings. The van der Waals surface area contributed by atoms with Crippen LogP contribution in [-0.2, 0) is 10.0 Å². The highest BCUT2D eigenvalue weighted by molar-refractivity contribution is 7.89. The molecule has 100 valence electrons. The van der Waals surface area contributed by atoms with Crippen LogP contribution in [-0.4, -0.2) is 36.5 Å². The lowest BCUT2D eigenvalue weighted by Crippen LogP contribution is -2.61. The van der Waals surface area contributed by atoms with Gasteiger partial charge >= 0.3 is 0 Å². The molecule has 1 aliphatic heterocycles. The van der Waals surface area contributed by atoms with Crippen molar-refractivity contribution in [2.45, 2.75) is 24.3 Å². The molecule has 1 aromatic carbocycles. The molecule has 3 N–H and O–H groups in total. The van der Waals surface area contributed by atoms with E-state index < -0.39 is 26.3 Å². The van der Waals surface area contributed by atoms with E-state index in [2.05, 4.69) is 0 Å². The van der Waals surface area contributed by atoms with Gasteiger partial charge in [-0.1, -0.05) is 0 Å². The average molecular weight is 274 g/mol. The molecular formula is C11H15FN2O3S. The monoisotopic (exact) mass is 274 g/mol. The van der Waals surface area contributed by atoms with Crippen LogP contribution < -0.4 is 5.73 Å². The van der Waals surface area contributed by atoms with Crippen molar-refractivity contribution in [2.75, 3.05) is 18.8 Å². The summed E-state index contributed by atoms with van der Waals surface area (Å²) >= 11 is 0. The first-order chi connectivity index (χ1) is 8.13. The largest absolute Gasteiger partial charge is 0.398 e. The van der Waals surface area contributed by atoms with Crippen LogP contribution in [0.15, 0.2) is 17.0 Å². The topological polar surface area (TPSA) is 83.6 Å². The molecule has 0 unspecified atom stereocenters. The Morgan fingerprint density at radius 2 is 2.00 bits per heavy atom. The molecule has 18 heavy (non-hydrogen) atoms. The summed E-state index contributed by atoms with van der Waals surface area (Å²) in [7, 11) is -3.92. The van der Waals surface area contributed by atoms with Gasteiger partial charge in [-0.05, 0) is 31.5 Å². The van der Waals surface area contributed by atoms with Crippen LogP contribution in [0.5, 0.6) is 0 Å². The molecule has 0 atom stereocenters. The van der Waals surface area contributed by atoms with E-state index in [0.29, 0.717) is 5.56 Å². The summed E-state index contributed by atoms with van der Waals surface area (Å²) in [6, 6.07) is 2.22. The van der Waals surface area contributed by atoms with Crippen molar-refractivity contribution in [3.63, 3.8) is 0 Å². The minimum absolute atomic E-state index is 0.0391. The number of sulfonamides is 1.